The molecule has 1 heterocycles. The maximum Gasteiger partial charge on any atom is 0.335 e. The molecule has 0 aliphatic carbocycles. The molecule has 0 saturated carbocycles. The normalized spacial score (nSPS) is 14.2. The summed E-state index contributed by atoms with van der Waals surface area (Å²) in [6.45, 7) is 1.84. The van der Waals surface area contributed by atoms with Crippen LogP contribution in [0, 0.1) is 6.92 Å². The Kier molecular flexibility index (Phi) is 7.50. The third kappa shape index (κ3) is 6.19. The quantitative estimate of drug-likeness (QED) is 0.419. The zero-order chi connectivity index (χ0) is 25.7. The van der Waals surface area contributed by atoms with Gasteiger partial charge in [0.25, 0.3) is 11.1 Å². The molecule has 182 valence electrons. The van der Waals surface area contributed by atoms with Gasteiger partial charge in [-0.05, 0) is 72.3 Å². The molecule has 0 unspecified atom stereocenters. The van der Waals surface area contributed by atoms with E-state index in [4.69, 9.17) is 9.84 Å². The number of thioether (sulfide) groups is 1. The molecule has 1 fully saturated rings. The van der Waals surface area contributed by atoms with Gasteiger partial charge in [0.15, 0.2) is 0 Å². The number of rotatable bonds is 8. The number of ether oxygens (including phenoxy) is 1. The van der Waals surface area contributed by atoms with Gasteiger partial charge in [-0.3, -0.25) is 19.3 Å². The van der Waals surface area contributed by atoms with E-state index in [9.17, 15) is 19.2 Å². The van der Waals surface area contributed by atoms with Gasteiger partial charge in [0.05, 0.1) is 10.5 Å². The number of amides is 3. The minimum absolute atomic E-state index is 0.208. The van der Waals surface area contributed by atoms with E-state index < -0.39 is 23.0 Å². The molecule has 0 bridgehead atoms. The summed E-state index contributed by atoms with van der Waals surface area (Å²) in [6.07, 6.45) is 1.59. The van der Waals surface area contributed by atoms with Crippen LogP contribution in [0.15, 0.2) is 77.7 Å². The lowest BCUT2D eigenvalue weighted by atomic mass is 10.1. The molecule has 3 amide bonds. The van der Waals surface area contributed by atoms with Gasteiger partial charge < -0.3 is 15.2 Å². The molecular formula is C27H22N2O6S. The minimum atomic E-state index is -0.985. The van der Waals surface area contributed by atoms with Crippen molar-refractivity contribution in [3.05, 3.63) is 100.0 Å². The van der Waals surface area contributed by atoms with E-state index in [1.54, 1.807) is 54.6 Å². The molecule has 0 radical (unpaired) electrons. The van der Waals surface area contributed by atoms with Crippen molar-refractivity contribution in [2.75, 3.05) is 11.9 Å². The first-order valence-corrected chi connectivity index (χ1v) is 11.8. The van der Waals surface area contributed by atoms with Crippen molar-refractivity contribution in [1.82, 2.24) is 4.90 Å². The van der Waals surface area contributed by atoms with Gasteiger partial charge in [-0.2, -0.15) is 0 Å². The van der Waals surface area contributed by atoms with Gasteiger partial charge in [0.1, 0.15) is 18.9 Å². The van der Waals surface area contributed by atoms with Crippen LogP contribution >= 0.6 is 11.8 Å². The molecular weight excluding hydrogens is 480 g/mol. The number of carboxylic acids is 1. The monoisotopic (exact) mass is 502 g/mol. The van der Waals surface area contributed by atoms with Crippen molar-refractivity contribution in [1.29, 1.82) is 0 Å². The third-order valence-corrected chi connectivity index (χ3v) is 6.20. The highest BCUT2D eigenvalue weighted by Gasteiger charge is 2.36. The Balaban J connectivity index is 1.33. The summed E-state index contributed by atoms with van der Waals surface area (Å²) < 4.78 is 5.72. The van der Waals surface area contributed by atoms with Crippen LogP contribution in [0.2, 0.25) is 0 Å². The van der Waals surface area contributed by atoms with Crippen LogP contribution < -0.4 is 10.1 Å². The van der Waals surface area contributed by atoms with Crippen LogP contribution in [-0.2, 0) is 16.2 Å². The van der Waals surface area contributed by atoms with Crippen LogP contribution in [0.3, 0.4) is 0 Å². The molecule has 1 aliphatic heterocycles. The molecule has 0 spiro atoms. The highest BCUT2D eigenvalue weighted by molar-refractivity contribution is 8.18. The molecule has 3 aromatic rings. The van der Waals surface area contributed by atoms with E-state index >= 15 is 0 Å². The molecule has 0 atom stereocenters. The number of aromatic carboxylic acids is 1. The van der Waals surface area contributed by atoms with Crippen molar-refractivity contribution in [2.45, 2.75) is 13.5 Å². The molecule has 1 aliphatic rings. The maximum absolute atomic E-state index is 12.7. The van der Waals surface area contributed by atoms with Crippen LogP contribution in [0.5, 0.6) is 5.75 Å². The SMILES string of the molecule is Cc1ccc(NC(=O)CN2C(=O)S/C(=C\c3ccc(OCc4ccc(C(=O)O)cc4)cc3)C2=O)cc1. The molecule has 1 saturated heterocycles. The smallest absolute Gasteiger partial charge is 0.335 e. The predicted octanol–water partition coefficient (Wildman–Crippen LogP) is 4.95. The van der Waals surface area contributed by atoms with E-state index in [2.05, 4.69) is 5.32 Å². The summed E-state index contributed by atoms with van der Waals surface area (Å²) in [4.78, 5) is 49.5. The fraction of sp³-hybridized carbons (Fsp3) is 0.111. The second-order valence-corrected chi connectivity index (χ2v) is 9.04. The molecule has 2 N–H and O–H groups in total. The lowest BCUT2D eigenvalue weighted by molar-refractivity contribution is -0.127. The van der Waals surface area contributed by atoms with Crippen LogP contribution in [0.1, 0.15) is 27.0 Å². The summed E-state index contributed by atoms with van der Waals surface area (Å²) in [5, 5.41) is 11.1. The van der Waals surface area contributed by atoms with Crippen molar-refractivity contribution < 1.29 is 29.0 Å². The Morgan fingerprint density at radius 2 is 1.64 bits per heavy atom. The summed E-state index contributed by atoms with van der Waals surface area (Å²) in [7, 11) is 0. The Morgan fingerprint density at radius 1 is 0.972 bits per heavy atom. The first-order valence-electron chi connectivity index (χ1n) is 11.0. The molecule has 3 aromatic carbocycles. The second kappa shape index (κ2) is 10.9. The Morgan fingerprint density at radius 3 is 2.28 bits per heavy atom. The lowest BCUT2D eigenvalue weighted by Crippen LogP contribution is -2.36. The number of hydrogen-bond acceptors (Lipinski definition) is 6. The number of hydrogen-bond donors (Lipinski definition) is 2. The number of anilines is 1. The summed E-state index contributed by atoms with van der Waals surface area (Å²) >= 11 is 0.787. The van der Waals surface area contributed by atoms with Gasteiger partial charge in [0.2, 0.25) is 5.91 Å². The van der Waals surface area contributed by atoms with Gasteiger partial charge in [-0.1, -0.05) is 42.0 Å². The van der Waals surface area contributed by atoms with Crippen LogP contribution in [-0.4, -0.2) is 39.6 Å². The van der Waals surface area contributed by atoms with Gasteiger partial charge in [-0.15, -0.1) is 0 Å². The van der Waals surface area contributed by atoms with Gasteiger partial charge >= 0.3 is 5.97 Å². The number of benzene rings is 3. The summed E-state index contributed by atoms with van der Waals surface area (Å²) in [5.41, 5.74) is 3.37. The second-order valence-electron chi connectivity index (χ2n) is 8.04. The zero-order valence-electron chi connectivity index (χ0n) is 19.3. The van der Waals surface area contributed by atoms with E-state index in [1.165, 1.54) is 12.1 Å². The van der Waals surface area contributed by atoms with Crippen molar-refractivity contribution >= 4 is 46.5 Å². The predicted molar refractivity (Wildman–Crippen MR) is 137 cm³/mol. The Bertz CT molecular complexity index is 1330. The molecule has 0 aromatic heterocycles. The van der Waals surface area contributed by atoms with Crippen molar-refractivity contribution in [3.8, 4) is 5.75 Å². The van der Waals surface area contributed by atoms with Crippen molar-refractivity contribution in [2.24, 2.45) is 0 Å². The zero-order valence-corrected chi connectivity index (χ0v) is 20.1. The van der Waals surface area contributed by atoms with Gasteiger partial charge in [-0.25, -0.2) is 4.79 Å². The van der Waals surface area contributed by atoms with Gasteiger partial charge in [0, 0.05) is 5.69 Å². The molecule has 8 nitrogen and oxygen atoms in total. The van der Waals surface area contributed by atoms with Crippen LogP contribution in [0.4, 0.5) is 10.5 Å². The first kappa shape index (κ1) is 24.7. The largest absolute Gasteiger partial charge is 0.489 e. The summed E-state index contributed by atoms with van der Waals surface area (Å²) in [5.74, 6) is -1.37. The third-order valence-electron chi connectivity index (χ3n) is 5.29. The number of nitrogens with one attached hydrogen (secondary N) is 1. The molecule has 9 heteroatoms. The minimum Gasteiger partial charge on any atom is -0.489 e. The van der Waals surface area contributed by atoms with Crippen molar-refractivity contribution in [3.63, 3.8) is 0 Å². The number of nitrogens with zero attached hydrogens (tertiary/aromatic N) is 1. The lowest BCUT2D eigenvalue weighted by Gasteiger charge is -2.12. The highest BCUT2D eigenvalue weighted by atomic mass is 32.2. The number of carbonyl (C=O) groups excluding carboxylic acids is 3. The number of carboxylic acid groups (broad SMARTS) is 1. The number of imide groups is 1. The average molecular weight is 503 g/mol. The highest BCUT2D eigenvalue weighted by Crippen LogP contribution is 2.32. The van der Waals surface area contributed by atoms with E-state index in [0.717, 1.165) is 27.8 Å². The average Bonchev–Trinajstić information content (AvgIpc) is 3.12. The Hall–Kier alpha value is -4.37. The van der Waals surface area contributed by atoms with E-state index in [0.29, 0.717) is 17.0 Å². The maximum atomic E-state index is 12.7. The number of aryl methyl sites for hydroxylation is 1. The Labute approximate surface area is 211 Å². The fourth-order valence-corrected chi connectivity index (χ4v) is 4.18. The van der Waals surface area contributed by atoms with E-state index in [1.807, 2.05) is 19.1 Å². The standard InChI is InChI=1S/C27H22N2O6S/c1-17-2-10-21(11-3-17)28-24(30)15-29-25(31)23(36-27(29)34)14-18-6-12-22(13-7-18)35-16-19-4-8-20(9-5-19)26(32)33/h2-14H,15-16H2,1H3,(H,28,30)(H,32,33)/b23-14-. The van der Waals surface area contributed by atoms with E-state index in [-0.39, 0.29) is 23.6 Å². The molecule has 36 heavy (non-hydrogen) atoms. The van der Waals surface area contributed by atoms with Crippen LogP contribution in [0.25, 0.3) is 6.08 Å². The summed E-state index contributed by atoms with van der Waals surface area (Å²) in [6, 6.07) is 20.6. The first-order chi connectivity index (χ1) is 17.3. The fourth-order valence-electron chi connectivity index (χ4n) is 3.34. The molecule has 4 rings (SSSR count). The topological polar surface area (TPSA) is 113 Å². The number of carbonyl (C=O) groups is 4.